The topological polar surface area (TPSA) is 84.5 Å². The molecule has 7 nitrogen and oxygen atoms in total. The van der Waals surface area contributed by atoms with Crippen LogP contribution in [0.25, 0.3) is 16.9 Å². The average Bonchev–Trinajstić information content (AvgIpc) is 3.40. The van der Waals surface area contributed by atoms with Crippen LogP contribution < -0.4 is 5.32 Å². The highest BCUT2D eigenvalue weighted by atomic mass is 32.1. The number of rotatable bonds is 6. The molecule has 0 fully saturated rings. The second kappa shape index (κ2) is 7.46. The number of carbonyl (C=O) groups excluding carboxylic acids is 1. The first-order valence-electron chi connectivity index (χ1n) is 9.33. The fourth-order valence-corrected chi connectivity index (χ4v) is 3.80. The summed E-state index contributed by atoms with van der Waals surface area (Å²) in [6.45, 7) is 6.07. The largest absolute Gasteiger partial charge is 0.394 e. The second-order valence-corrected chi connectivity index (χ2v) is 8.75. The molecule has 150 valence electrons. The lowest BCUT2D eigenvalue weighted by molar-refractivity contribution is 0.0871. The summed E-state index contributed by atoms with van der Waals surface area (Å²) >= 11 is 1.63. The molecule has 0 bridgehead atoms. The van der Waals surface area contributed by atoms with Crippen molar-refractivity contribution in [3.8, 4) is 11.4 Å². The highest BCUT2D eigenvalue weighted by Crippen LogP contribution is 2.26. The molecule has 4 rings (SSSR count). The van der Waals surface area contributed by atoms with Crippen LogP contribution in [0.1, 0.15) is 34.9 Å². The first-order valence-corrected chi connectivity index (χ1v) is 10.2. The van der Waals surface area contributed by atoms with Crippen molar-refractivity contribution in [1.29, 1.82) is 0 Å². The predicted octanol–water partition coefficient (Wildman–Crippen LogP) is 3.12. The van der Waals surface area contributed by atoms with E-state index in [1.807, 2.05) is 57.9 Å². The van der Waals surface area contributed by atoms with E-state index < -0.39 is 5.54 Å². The lowest BCUT2D eigenvalue weighted by atomic mass is 10.1. The molecule has 0 atom stereocenters. The van der Waals surface area contributed by atoms with Gasteiger partial charge in [-0.3, -0.25) is 4.79 Å². The summed E-state index contributed by atoms with van der Waals surface area (Å²) in [7, 11) is 0. The van der Waals surface area contributed by atoms with Gasteiger partial charge >= 0.3 is 0 Å². The van der Waals surface area contributed by atoms with Crippen LogP contribution in [0.2, 0.25) is 0 Å². The molecule has 0 aliphatic heterocycles. The number of imidazole rings is 1. The van der Waals surface area contributed by atoms with Gasteiger partial charge in [0.2, 0.25) is 0 Å². The van der Waals surface area contributed by atoms with Crippen molar-refractivity contribution in [1.82, 2.24) is 24.3 Å². The number of aliphatic hydroxyl groups is 1. The van der Waals surface area contributed by atoms with Gasteiger partial charge in [-0.25, -0.2) is 9.97 Å². The van der Waals surface area contributed by atoms with Gasteiger partial charge in [-0.15, -0.1) is 11.3 Å². The zero-order chi connectivity index (χ0) is 20.6. The van der Waals surface area contributed by atoms with Gasteiger partial charge in [-0.1, -0.05) is 6.07 Å². The zero-order valence-corrected chi connectivity index (χ0v) is 17.4. The average molecular weight is 410 g/mol. The van der Waals surface area contributed by atoms with Crippen LogP contribution in [0.3, 0.4) is 0 Å². The molecule has 0 aliphatic rings. The van der Waals surface area contributed by atoms with E-state index in [2.05, 4.69) is 15.3 Å². The summed E-state index contributed by atoms with van der Waals surface area (Å²) in [4.78, 5) is 21.9. The maximum absolute atomic E-state index is 12.9. The van der Waals surface area contributed by atoms with E-state index in [-0.39, 0.29) is 12.5 Å². The Hall–Kier alpha value is -2.97. The summed E-state index contributed by atoms with van der Waals surface area (Å²) in [6, 6.07) is 7.57. The molecule has 4 aromatic rings. The normalized spacial score (nSPS) is 11.9. The van der Waals surface area contributed by atoms with Gasteiger partial charge in [0.1, 0.15) is 5.69 Å². The first-order chi connectivity index (χ1) is 13.9. The molecule has 4 aromatic heterocycles. The van der Waals surface area contributed by atoms with E-state index in [9.17, 15) is 9.90 Å². The highest BCUT2D eigenvalue weighted by molar-refractivity contribution is 7.09. The molecule has 1 amide bonds. The number of aromatic nitrogens is 4. The minimum Gasteiger partial charge on any atom is -0.394 e. The Bertz CT molecular complexity index is 1170. The van der Waals surface area contributed by atoms with Crippen LogP contribution in [-0.2, 0) is 6.54 Å². The Morgan fingerprint density at radius 2 is 2.17 bits per heavy atom. The van der Waals surface area contributed by atoms with E-state index in [0.29, 0.717) is 12.1 Å². The van der Waals surface area contributed by atoms with Gasteiger partial charge in [0.15, 0.2) is 0 Å². The van der Waals surface area contributed by atoms with Crippen LogP contribution in [0, 0.1) is 6.92 Å². The molecular formula is C21H23N5O2S. The van der Waals surface area contributed by atoms with Gasteiger partial charge in [-0.2, -0.15) is 0 Å². The van der Waals surface area contributed by atoms with Gasteiger partial charge in [0.25, 0.3) is 5.91 Å². The predicted molar refractivity (Wildman–Crippen MR) is 113 cm³/mol. The van der Waals surface area contributed by atoms with Crippen LogP contribution >= 0.6 is 11.3 Å². The Morgan fingerprint density at radius 3 is 2.90 bits per heavy atom. The Balaban J connectivity index is 1.69. The number of nitrogens with zero attached hydrogens (tertiary/aromatic N) is 4. The fraction of sp³-hybridized carbons (Fsp3) is 0.286. The molecular weight excluding hydrogens is 386 g/mol. The summed E-state index contributed by atoms with van der Waals surface area (Å²) < 4.78 is 3.95. The van der Waals surface area contributed by atoms with Crippen molar-refractivity contribution in [2.75, 3.05) is 6.61 Å². The van der Waals surface area contributed by atoms with Gasteiger partial charge in [-0.05, 0) is 39.0 Å². The summed E-state index contributed by atoms with van der Waals surface area (Å²) in [6.07, 6.45) is 5.66. The molecule has 0 saturated heterocycles. The van der Waals surface area contributed by atoms with Crippen LogP contribution in [0.15, 0.2) is 48.4 Å². The maximum Gasteiger partial charge on any atom is 0.253 e. The molecule has 0 unspecified atom stereocenters. The van der Waals surface area contributed by atoms with Crippen molar-refractivity contribution in [2.24, 2.45) is 0 Å². The van der Waals surface area contributed by atoms with E-state index >= 15 is 0 Å². The Morgan fingerprint density at radius 1 is 1.34 bits per heavy atom. The summed E-state index contributed by atoms with van der Waals surface area (Å²) in [5, 5.41) is 15.4. The van der Waals surface area contributed by atoms with Crippen LogP contribution in [-0.4, -0.2) is 42.1 Å². The molecule has 0 aliphatic carbocycles. The quantitative estimate of drug-likeness (QED) is 0.512. The van der Waals surface area contributed by atoms with Gasteiger partial charge in [0.05, 0.1) is 52.5 Å². The lowest BCUT2D eigenvalue weighted by Crippen LogP contribution is -2.46. The number of fused-ring (bicyclic) bond motifs is 1. The minimum absolute atomic E-state index is 0.141. The summed E-state index contributed by atoms with van der Waals surface area (Å²) in [5.74, 6) is -0.226. The van der Waals surface area contributed by atoms with Crippen molar-refractivity contribution in [2.45, 2.75) is 32.9 Å². The van der Waals surface area contributed by atoms with Crippen molar-refractivity contribution in [3.05, 3.63) is 64.6 Å². The molecule has 29 heavy (non-hydrogen) atoms. The molecule has 0 aromatic carbocycles. The van der Waals surface area contributed by atoms with Crippen molar-refractivity contribution < 1.29 is 9.90 Å². The number of thiazole rings is 1. The number of hydrogen-bond donors (Lipinski definition) is 2. The Labute approximate surface area is 172 Å². The van der Waals surface area contributed by atoms with E-state index in [4.69, 9.17) is 0 Å². The number of hydrogen-bond acceptors (Lipinski definition) is 5. The molecule has 0 radical (unpaired) electrons. The van der Waals surface area contributed by atoms with Crippen LogP contribution in [0.4, 0.5) is 0 Å². The third kappa shape index (κ3) is 3.94. The Kier molecular flexibility index (Phi) is 4.97. The van der Waals surface area contributed by atoms with Gasteiger partial charge < -0.3 is 19.4 Å². The minimum atomic E-state index is -0.701. The highest BCUT2D eigenvalue weighted by Gasteiger charge is 2.23. The van der Waals surface area contributed by atoms with E-state index in [1.54, 1.807) is 31.5 Å². The number of aliphatic hydroxyl groups excluding tert-OH is 1. The third-order valence-electron chi connectivity index (χ3n) is 4.68. The number of pyridine rings is 1. The van der Waals surface area contributed by atoms with Crippen molar-refractivity contribution >= 4 is 22.8 Å². The molecule has 0 saturated carbocycles. The maximum atomic E-state index is 12.9. The third-order valence-corrected chi connectivity index (χ3v) is 5.50. The van der Waals surface area contributed by atoms with E-state index in [0.717, 1.165) is 27.6 Å². The smallest absolute Gasteiger partial charge is 0.253 e. The molecule has 2 N–H and O–H groups in total. The first kappa shape index (κ1) is 19.4. The fourth-order valence-electron chi connectivity index (χ4n) is 3.19. The number of carbonyl (C=O) groups is 1. The number of nitrogens with one attached hydrogen (secondary N) is 1. The zero-order valence-electron chi connectivity index (χ0n) is 16.6. The lowest BCUT2D eigenvalue weighted by Gasteiger charge is -2.23. The molecule has 8 heteroatoms. The molecule has 4 heterocycles. The molecule has 0 spiro atoms. The second-order valence-electron chi connectivity index (χ2n) is 7.68. The standard InChI is InChI=1S/C21H23N5O2S/c1-14-23-15(11-29-14)9-25-10-17(22-13-25)19-8-16(18-6-4-5-7-26(18)19)20(28)24-21(2,3)12-27/h4-8,10-11,13,27H,9,12H2,1-3H3,(H,24,28). The monoisotopic (exact) mass is 409 g/mol. The number of aryl methyl sites for hydroxylation is 1. The number of amides is 1. The van der Waals surface area contributed by atoms with Crippen molar-refractivity contribution in [3.63, 3.8) is 0 Å². The SMILES string of the molecule is Cc1nc(Cn2cnc(-c3cc(C(=O)NC(C)(C)CO)c4ccccn34)c2)cs1. The van der Waals surface area contributed by atoms with Gasteiger partial charge in [0, 0.05) is 17.8 Å². The summed E-state index contributed by atoms with van der Waals surface area (Å²) in [5.41, 5.74) is 3.25. The van der Waals surface area contributed by atoms with Crippen LogP contribution in [0.5, 0.6) is 0 Å². The van der Waals surface area contributed by atoms with E-state index in [1.165, 1.54) is 0 Å².